The summed E-state index contributed by atoms with van der Waals surface area (Å²) in [6.45, 7) is 0. The molecule has 5 nitrogen and oxygen atoms in total. The van der Waals surface area contributed by atoms with Crippen LogP contribution in [-0.4, -0.2) is 29.5 Å². The molecule has 1 rings (SSSR count). The van der Waals surface area contributed by atoms with E-state index >= 15 is 0 Å². The van der Waals surface area contributed by atoms with Gasteiger partial charge < -0.3 is 14.6 Å². The van der Waals surface area contributed by atoms with Gasteiger partial charge in [0.15, 0.2) is 5.69 Å². The number of alkyl halides is 4. The molecule has 18 heavy (non-hydrogen) atoms. The van der Waals surface area contributed by atoms with Crippen LogP contribution in [0.2, 0.25) is 0 Å². The van der Waals surface area contributed by atoms with E-state index in [2.05, 4.69) is 30.4 Å². The Bertz CT molecular complexity index is 464. The fourth-order valence-corrected chi connectivity index (χ4v) is 1.69. The molecular weight excluding hydrogens is 323 g/mol. The Balaban J connectivity index is 3.37. The van der Waals surface area contributed by atoms with Crippen LogP contribution in [0, 0.1) is 0 Å². The summed E-state index contributed by atoms with van der Waals surface area (Å²) >= 11 is 2.89. The highest BCUT2D eigenvalue weighted by atomic mass is 79.9. The monoisotopic (exact) mass is 329 g/mol. The van der Waals surface area contributed by atoms with Gasteiger partial charge in [0.25, 0.3) is 0 Å². The highest BCUT2D eigenvalue weighted by Crippen LogP contribution is 2.32. The van der Waals surface area contributed by atoms with Crippen LogP contribution in [-0.2, 0) is 5.33 Å². The van der Waals surface area contributed by atoms with Crippen molar-refractivity contribution in [3.8, 4) is 11.6 Å². The molecule has 0 aliphatic rings. The van der Waals surface area contributed by atoms with Crippen molar-refractivity contribution in [1.82, 2.24) is 4.98 Å². The number of carboxylic acids is 1. The topological polar surface area (TPSA) is 68.7 Å². The van der Waals surface area contributed by atoms with E-state index in [0.717, 1.165) is 13.2 Å². The summed E-state index contributed by atoms with van der Waals surface area (Å²) < 4.78 is 44.9. The van der Waals surface area contributed by atoms with Gasteiger partial charge in [-0.05, 0) is 0 Å². The zero-order chi connectivity index (χ0) is 13.9. The number of ether oxygens (including phenoxy) is 2. The summed E-state index contributed by atoms with van der Waals surface area (Å²) in [4.78, 5) is 14.4. The van der Waals surface area contributed by atoms with E-state index in [1.807, 2.05) is 0 Å². The van der Waals surface area contributed by atoms with Crippen molar-refractivity contribution in [3.05, 3.63) is 17.3 Å². The van der Waals surface area contributed by atoms with Gasteiger partial charge in [0.05, 0.1) is 7.11 Å². The number of halogens is 4. The SMILES string of the molecule is COc1cc(OC(F)(F)F)c(CBr)c(C(=O)O)n1. The molecule has 1 aromatic heterocycles. The average Bonchev–Trinajstić information content (AvgIpc) is 2.25. The number of carbonyl (C=O) groups is 1. The lowest BCUT2D eigenvalue weighted by atomic mass is 10.2. The lowest BCUT2D eigenvalue weighted by Gasteiger charge is -2.14. The van der Waals surface area contributed by atoms with Crippen molar-refractivity contribution in [2.24, 2.45) is 0 Å². The van der Waals surface area contributed by atoms with Gasteiger partial charge in [0.2, 0.25) is 5.88 Å². The Morgan fingerprint density at radius 1 is 1.56 bits per heavy atom. The number of aromatic carboxylic acids is 1. The Morgan fingerprint density at radius 2 is 2.17 bits per heavy atom. The summed E-state index contributed by atoms with van der Waals surface area (Å²) in [5.41, 5.74) is -0.786. The number of aromatic nitrogens is 1. The quantitative estimate of drug-likeness (QED) is 0.860. The van der Waals surface area contributed by atoms with E-state index in [1.165, 1.54) is 0 Å². The molecule has 1 heterocycles. The second-order valence-electron chi connectivity index (χ2n) is 2.98. The Labute approximate surface area is 108 Å². The summed E-state index contributed by atoms with van der Waals surface area (Å²) in [6.07, 6.45) is -4.93. The standard InChI is InChI=1S/C9H7BrF3NO4/c1-17-6-2-5(18-9(11,12)13)4(3-10)7(14-6)8(15)16/h2H,3H2,1H3,(H,15,16). The average molecular weight is 330 g/mol. The smallest absolute Gasteiger partial charge is 0.481 e. The van der Waals surface area contributed by atoms with Crippen molar-refractivity contribution in [2.45, 2.75) is 11.7 Å². The molecule has 0 aliphatic carbocycles. The van der Waals surface area contributed by atoms with Gasteiger partial charge in [-0.3, -0.25) is 0 Å². The zero-order valence-electron chi connectivity index (χ0n) is 8.92. The molecule has 100 valence electrons. The lowest BCUT2D eigenvalue weighted by molar-refractivity contribution is -0.274. The van der Waals surface area contributed by atoms with Gasteiger partial charge in [-0.1, -0.05) is 15.9 Å². The molecule has 1 N–H and O–H groups in total. The summed E-state index contributed by atoms with van der Waals surface area (Å²) in [5.74, 6) is -2.42. The van der Waals surface area contributed by atoms with Gasteiger partial charge >= 0.3 is 12.3 Å². The molecular formula is C9H7BrF3NO4. The third kappa shape index (κ3) is 3.49. The van der Waals surface area contributed by atoms with Crippen molar-refractivity contribution in [1.29, 1.82) is 0 Å². The van der Waals surface area contributed by atoms with Crippen LogP contribution in [0.25, 0.3) is 0 Å². The number of rotatable bonds is 4. The number of carboxylic acid groups (broad SMARTS) is 1. The summed E-state index contributed by atoms with van der Waals surface area (Å²) in [5, 5.41) is 8.71. The van der Waals surface area contributed by atoms with Gasteiger partial charge in [-0.25, -0.2) is 9.78 Å². The molecule has 0 bridgehead atoms. The molecule has 1 aromatic rings. The van der Waals surface area contributed by atoms with Crippen molar-refractivity contribution < 1.29 is 32.5 Å². The number of nitrogens with zero attached hydrogens (tertiary/aromatic N) is 1. The van der Waals surface area contributed by atoms with Crippen LogP contribution >= 0.6 is 15.9 Å². The van der Waals surface area contributed by atoms with Crippen LogP contribution in [0.4, 0.5) is 13.2 Å². The van der Waals surface area contributed by atoms with Crippen LogP contribution in [0.3, 0.4) is 0 Å². The highest BCUT2D eigenvalue weighted by molar-refractivity contribution is 9.08. The number of hydrogen-bond acceptors (Lipinski definition) is 4. The molecule has 0 radical (unpaired) electrons. The maximum Gasteiger partial charge on any atom is 0.573 e. The third-order valence-electron chi connectivity index (χ3n) is 1.83. The Kier molecular flexibility index (Phi) is 4.38. The largest absolute Gasteiger partial charge is 0.573 e. The highest BCUT2D eigenvalue weighted by Gasteiger charge is 2.33. The molecule has 0 amide bonds. The molecule has 0 saturated carbocycles. The lowest BCUT2D eigenvalue weighted by Crippen LogP contribution is -2.19. The fourth-order valence-electron chi connectivity index (χ4n) is 1.15. The summed E-state index contributed by atoms with van der Waals surface area (Å²) in [6, 6.07) is 0.872. The minimum Gasteiger partial charge on any atom is -0.481 e. The number of methoxy groups -OCH3 is 1. The van der Waals surface area contributed by atoms with E-state index in [0.29, 0.717) is 0 Å². The number of pyridine rings is 1. The Morgan fingerprint density at radius 3 is 2.56 bits per heavy atom. The predicted octanol–water partition coefficient (Wildman–Crippen LogP) is 2.58. The first-order valence-electron chi connectivity index (χ1n) is 4.41. The van der Waals surface area contributed by atoms with E-state index in [1.54, 1.807) is 0 Å². The van der Waals surface area contributed by atoms with E-state index in [-0.39, 0.29) is 16.8 Å². The number of hydrogen-bond donors (Lipinski definition) is 1. The first-order chi connectivity index (χ1) is 8.28. The third-order valence-corrected chi connectivity index (χ3v) is 2.39. The molecule has 0 aliphatic heterocycles. The van der Waals surface area contributed by atoms with E-state index in [9.17, 15) is 18.0 Å². The normalized spacial score (nSPS) is 11.2. The van der Waals surface area contributed by atoms with E-state index in [4.69, 9.17) is 5.11 Å². The molecule has 9 heteroatoms. The minimum absolute atomic E-state index is 0.156. The van der Waals surface area contributed by atoms with Gasteiger partial charge in [-0.2, -0.15) is 0 Å². The predicted molar refractivity (Wildman–Crippen MR) is 57.1 cm³/mol. The van der Waals surface area contributed by atoms with Crippen LogP contribution in [0.5, 0.6) is 11.6 Å². The van der Waals surface area contributed by atoms with Gasteiger partial charge in [-0.15, -0.1) is 13.2 Å². The maximum absolute atomic E-state index is 12.2. The second-order valence-corrected chi connectivity index (χ2v) is 3.54. The molecule has 0 aromatic carbocycles. The zero-order valence-corrected chi connectivity index (χ0v) is 10.5. The van der Waals surface area contributed by atoms with Gasteiger partial charge in [0.1, 0.15) is 5.75 Å². The van der Waals surface area contributed by atoms with Crippen molar-refractivity contribution in [2.75, 3.05) is 7.11 Å². The molecule has 0 unspecified atom stereocenters. The molecule has 0 saturated heterocycles. The second kappa shape index (κ2) is 5.42. The van der Waals surface area contributed by atoms with Gasteiger partial charge in [0, 0.05) is 17.0 Å². The van der Waals surface area contributed by atoms with Crippen molar-refractivity contribution >= 4 is 21.9 Å². The van der Waals surface area contributed by atoms with Crippen LogP contribution < -0.4 is 9.47 Å². The van der Waals surface area contributed by atoms with Crippen LogP contribution in [0.15, 0.2) is 6.07 Å². The van der Waals surface area contributed by atoms with E-state index < -0.39 is 23.8 Å². The fraction of sp³-hybridized carbons (Fsp3) is 0.333. The van der Waals surface area contributed by atoms with Crippen molar-refractivity contribution in [3.63, 3.8) is 0 Å². The molecule has 0 atom stereocenters. The minimum atomic E-state index is -4.93. The van der Waals surface area contributed by atoms with Crippen LogP contribution in [0.1, 0.15) is 16.1 Å². The summed E-state index contributed by atoms with van der Waals surface area (Å²) in [7, 11) is 1.15. The first kappa shape index (κ1) is 14.6. The Hall–Kier alpha value is -1.51. The first-order valence-corrected chi connectivity index (χ1v) is 5.53. The molecule has 0 fully saturated rings. The maximum atomic E-state index is 12.2. The molecule has 0 spiro atoms.